The smallest absolute Gasteiger partial charge is 0.164 e. The molecule has 138 valence electrons. The van der Waals surface area contributed by atoms with Crippen molar-refractivity contribution in [3.8, 4) is 34.2 Å². The number of hydrogen-bond acceptors (Lipinski definition) is 3. The van der Waals surface area contributed by atoms with Crippen molar-refractivity contribution in [2.75, 3.05) is 0 Å². The van der Waals surface area contributed by atoms with Gasteiger partial charge in [0.25, 0.3) is 0 Å². The maximum atomic E-state index is 13.7. The lowest BCUT2D eigenvalue weighted by Gasteiger charge is -2.08. The number of aromatic nitrogens is 3. The Kier molecular flexibility index (Phi) is 4.57. The van der Waals surface area contributed by atoms with Crippen molar-refractivity contribution in [2.45, 2.75) is 0 Å². The minimum atomic E-state index is -1.05. The first kappa shape index (κ1) is 17.8. The second-order valence-electron chi connectivity index (χ2n) is 5.93. The lowest BCUT2D eigenvalue weighted by molar-refractivity contribution is 0.509. The molecule has 0 aliphatic heterocycles. The van der Waals surface area contributed by atoms with Gasteiger partial charge in [0.05, 0.1) is 0 Å². The van der Waals surface area contributed by atoms with Gasteiger partial charge in [0.1, 0.15) is 0 Å². The van der Waals surface area contributed by atoms with Crippen LogP contribution in [0, 0.1) is 23.3 Å². The molecule has 0 amide bonds. The average Bonchev–Trinajstić information content (AvgIpc) is 2.72. The molecule has 28 heavy (non-hydrogen) atoms. The molecule has 0 N–H and O–H groups in total. The van der Waals surface area contributed by atoms with Crippen LogP contribution in [0.15, 0.2) is 66.7 Å². The minimum absolute atomic E-state index is 0.0764. The van der Waals surface area contributed by atoms with Crippen molar-refractivity contribution < 1.29 is 17.6 Å². The number of halogens is 4. The summed E-state index contributed by atoms with van der Waals surface area (Å²) in [7, 11) is 0. The Hall–Kier alpha value is -3.61. The van der Waals surface area contributed by atoms with E-state index in [0.29, 0.717) is 5.56 Å². The molecule has 3 nitrogen and oxygen atoms in total. The number of rotatable bonds is 3. The fraction of sp³-hybridized carbons (Fsp3) is 0. The highest BCUT2D eigenvalue weighted by atomic mass is 19.2. The summed E-state index contributed by atoms with van der Waals surface area (Å²) in [5.41, 5.74) is 1.10. The van der Waals surface area contributed by atoms with Crippen LogP contribution >= 0.6 is 0 Å². The minimum Gasteiger partial charge on any atom is -0.208 e. The van der Waals surface area contributed by atoms with Gasteiger partial charge in [-0.3, -0.25) is 0 Å². The monoisotopic (exact) mass is 381 g/mol. The van der Waals surface area contributed by atoms with E-state index in [1.54, 1.807) is 24.3 Å². The highest BCUT2D eigenvalue weighted by molar-refractivity contribution is 5.66. The van der Waals surface area contributed by atoms with Gasteiger partial charge in [0.15, 0.2) is 40.7 Å². The van der Waals surface area contributed by atoms with Crippen molar-refractivity contribution in [3.63, 3.8) is 0 Å². The lowest BCUT2D eigenvalue weighted by atomic mass is 10.1. The van der Waals surface area contributed by atoms with E-state index >= 15 is 0 Å². The molecule has 0 bridgehead atoms. The molecule has 0 radical (unpaired) electrons. The third kappa shape index (κ3) is 3.46. The summed E-state index contributed by atoms with van der Waals surface area (Å²) in [5.74, 6) is -3.68. The van der Waals surface area contributed by atoms with Crippen molar-refractivity contribution in [3.05, 3.63) is 90.0 Å². The second-order valence-corrected chi connectivity index (χ2v) is 5.93. The van der Waals surface area contributed by atoms with E-state index in [1.165, 1.54) is 12.1 Å². The van der Waals surface area contributed by atoms with Crippen molar-refractivity contribution in [1.29, 1.82) is 0 Å². The quantitative estimate of drug-likeness (QED) is 0.444. The molecule has 3 aromatic carbocycles. The fourth-order valence-corrected chi connectivity index (χ4v) is 2.62. The zero-order chi connectivity index (χ0) is 19.7. The van der Waals surface area contributed by atoms with Gasteiger partial charge in [-0.25, -0.2) is 32.5 Å². The Bertz CT molecular complexity index is 1090. The van der Waals surface area contributed by atoms with E-state index in [-0.39, 0.29) is 28.6 Å². The molecule has 0 aliphatic carbocycles. The Labute approximate surface area is 157 Å². The van der Waals surface area contributed by atoms with Crippen LogP contribution in [0.25, 0.3) is 34.2 Å². The van der Waals surface area contributed by atoms with Crippen molar-refractivity contribution >= 4 is 0 Å². The molecule has 0 fully saturated rings. The third-order valence-corrected chi connectivity index (χ3v) is 4.02. The molecule has 0 saturated heterocycles. The topological polar surface area (TPSA) is 38.7 Å². The lowest BCUT2D eigenvalue weighted by Crippen LogP contribution is -2.01. The summed E-state index contributed by atoms with van der Waals surface area (Å²) in [6, 6.07) is 15.4. The highest BCUT2D eigenvalue weighted by Crippen LogP contribution is 2.26. The Balaban J connectivity index is 1.92. The molecule has 0 atom stereocenters. The third-order valence-electron chi connectivity index (χ3n) is 4.02. The van der Waals surface area contributed by atoms with Gasteiger partial charge in [-0.05, 0) is 36.4 Å². The van der Waals surface area contributed by atoms with Gasteiger partial charge >= 0.3 is 0 Å². The fourth-order valence-electron chi connectivity index (χ4n) is 2.62. The van der Waals surface area contributed by atoms with E-state index in [2.05, 4.69) is 15.0 Å². The number of nitrogens with zero attached hydrogens (tertiary/aromatic N) is 3. The molecule has 0 spiro atoms. The van der Waals surface area contributed by atoms with Gasteiger partial charge in [-0.1, -0.05) is 30.3 Å². The normalized spacial score (nSPS) is 10.9. The van der Waals surface area contributed by atoms with E-state index < -0.39 is 23.3 Å². The van der Waals surface area contributed by atoms with Crippen LogP contribution in [-0.4, -0.2) is 15.0 Å². The first-order valence-electron chi connectivity index (χ1n) is 8.23. The molecule has 4 rings (SSSR count). The zero-order valence-corrected chi connectivity index (χ0v) is 14.2. The second kappa shape index (κ2) is 7.19. The maximum Gasteiger partial charge on any atom is 0.164 e. The molecule has 1 heterocycles. The van der Waals surface area contributed by atoms with E-state index in [4.69, 9.17) is 0 Å². The number of hydrogen-bond donors (Lipinski definition) is 0. The summed E-state index contributed by atoms with van der Waals surface area (Å²) >= 11 is 0. The van der Waals surface area contributed by atoms with Crippen LogP contribution in [-0.2, 0) is 0 Å². The molecule has 4 aromatic rings. The van der Waals surface area contributed by atoms with Crippen molar-refractivity contribution in [1.82, 2.24) is 15.0 Å². The van der Waals surface area contributed by atoms with Crippen LogP contribution in [0.3, 0.4) is 0 Å². The summed E-state index contributed by atoms with van der Waals surface area (Å²) in [5, 5.41) is 0. The highest BCUT2D eigenvalue weighted by Gasteiger charge is 2.15. The molecular formula is C21H11F4N3. The zero-order valence-electron chi connectivity index (χ0n) is 14.2. The molecule has 7 heteroatoms. The predicted octanol–water partition coefficient (Wildman–Crippen LogP) is 5.43. The van der Waals surface area contributed by atoms with Crippen LogP contribution in [0.5, 0.6) is 0 Å². The average molecular weight is 381 g/mol. The molecule has 0 unspecified atom stereocenters. The maximum absolute atomic E-state index is 13.7. The van der Waals surface area contributed by atoms with E-state index in [0.717, 1.165) is 24.3 Å². The molecule has 1 aromatic heterocycles. The van der Waals surface area contributed by atoms with E-state index in [9.17, 15) is 17.6 Å². The summed E-state index contributed by atoms with van der Waals surface area (Å²) in [6.07, 6.45) is 0. The Morgan fingerprint density at radius 1 is 0.429 bits per heavy atom. The first-order valence-corrected chi connectivity index (χ1v) is 8.23. The largest absolute Gasteiger partial charge is 0.208 e. The first-order chi connectivity index (χ1) is 13.5. The molecular weight excluding hydrogens is 370 g/mol. The van der Waals surface area contributed by atoms with Gasteiger partial charge in [-0.15, -0.1) is 0 Å². The van der Waals surface area contributed by atoms with Crippen LogP contribution in [0.2, 0.25) is 0 Å². The van der Waals surface area contributed by atoms with Gasteiger partial charge in [0.2, 0.25) is 0 Å². The SMILES string of the molecule is Fc1ccc(-c2nc(-c3ccccc3)nc(-c3ccc(F)c(F)c3)n2)cc1F. The standard InChI is InChI=1S/C21H11F4N3/c22-15-8-6-13(10-17(15)24)20-26-19(12-4-2-1-3-5-12)27-21(28-20)14-7-9-16(23)18(25)11-14/h1-11H. The number of benzene rings is 3. The Morgan fingerprint density at radius 2 is 0.857 bits per heavy atom. The molecule has 0 saturated carbocycles. The summed E-state index contributed by atoms with van der Waals surface area (Å²) in [6.45, 7) is 0. The van der Waals surface area contributed by atoms with Gasteiger partial charge < -0.3 is 0 Å². The predicted molar refractivity (Wildman–Crippen MR) is 96.0 cm³/mol. The van der Waals surface area contributed by atoms with Crippen LogP contribution in [0.4, 0.5) is 17.6 Å². The molecule has 0 aliphatic rings. The summed E-state index contributed by atoms with van der Waals surface area (Å²) in [4.78, 5) is 12.9. The van der Waals surface area contributed by atoms with Gasteiger partial charge in [-0.2, -0.15) is 0 Å². The van der Waals surface area contributed by atoms with Crippen LogP contribution in [0.1, 0.15) is 0 Å². The summed E-state index contributed by atoms with van der Waals surface area (Å²) < 4.78 is 53.9. The van der Waals surface area contributed by atoms with E-state index in [1.807, 2.05) is 6.07 Å². The van der Waals surface area contributed by atoms with Crippen LogP contribution < -0.4 is 0 Å². The van der Waals surface area contributed by atoms with Crippen molar-refractivity contribution in [2.24, 2.45) is 0 Å². The Morgan fingerprint density at radius 3 is 1.29 bits per heavy atom. The van der Waals surface area contributed by atoms with Gasteiger partial charge in [0, 0.05) is 16.7 Å².